The molecule has 172 valence electrons. The molecule has 2 aromatic rings. The summed E-state index contributed by atoms with van der Waals surface area (Å²) in [4.78, 5) is 16.9. The number of fused-ring (bicyclic) bond motifs is 1. The topological polar surface area (TPSA) is 95.3 Å². The normalized spacial score (nSPS) is 18.0. The number of phenolic OH excluding ortho intramolecular Hbond substituents is 1. The van der Waals surface area contributed by atoms with Crippen LogP contribution in [0.4, 0.5) is 5.69 Å². The van der Waals surface area contributed by atoms with E-state index in [1.54, 1.807) is 37.3 Å². The predicted molar refractivity (Wildman–Crippen MR) is 129 cm³/mol. The molecule has 0 bridgehead atoms. The molecular weight excluding hydrogens is 510 g/mol. The van der Waals surface area contributed by atoms with Gasteiger partial charge in [0, 0.05) is 18.4 Å². The summed E-state index contributed by atoms with van der Waals surface area (Å²) in [6.07, 6.45) is 0.140. The number of nitrogens with zero attached hydrogens (tertiary/aromatic N) is 3. The molecule has 0 radical (unpaired) electrons. The van der Waals surface area contributed by atoms with Crippen LogP contribution in [0.3, 0.4) is 0 Å². The third-order valence-electron chi connectivity index (χ3n) is 5.69. The zero-order valence-electron chi connectivity index (χ0n) is 18.3. The summed E-state index contributed by atoms with van der Waals surface area (Å²) >= 11 is 4.77. The molecule has 2 aliphatic rings. The lowest BCUT2D eigenvalue weighted by Gasteiger charge is -2.42. The van der Waals surface area contributed by atoms with Gasteiger partial charge < -0.3 is 24.2 Å². The fraction of sp³-hybridized carbons (Fsp3) is 0.304. The average molecular weight is 532 g/mol. The molecule has 0 aliphatic carbocycles. The van der Waals surface area contributed by atoms with E-state index in [1.807, 2.05) is 17.0 Å². The van der Waals surface area contributed by atoms with E-state index < -0.39 is 5.92 Å². The number of anilines is 1. The maximum atomic E-state index is 13.2. The zero-order valence-corrected chi connectivity index (χ0v) is 20.7. The van der Waals surface area contributed by atoms with Crippen molar-refractivity contribution in [2.75, 3.05) is 38.8 Å². The van der Waals surface area contributed by atoms with Crippen molar-refractivity contribution >= 4 is 39.3 Å². The van der Waals surface area contributed by atoms with E-state index in [0.29, 0.717) is 39.1 Å². The van der Waals surface area contributed by atoms with Crippen LogP contribution in [0, 0.1) is 11.3 Å². The minimum Gasteiger partial charge on any atom is -0.503 e. The number of phenols is 1. The molecule has 2 aromatic carbocycles. The van der Waals surface area contributed by atoms with Crippen molar-refractivity contribution in [2.24, 2.45) is 0 Å². The van der Waals surface area contributed by atoms with Gasteiger partial charge in [0.25, 0.3) is 0 Å². The Morgan fingerprint density at radius 1 is 1.15 bits per heavy atom. The summed E-state index contributed by atoms with van der Waals surface area (Å²) in [5.41, 5.74) is 2.10. The molecule has 33 heavy (non-hydrogen) atoms. The molecule has 1 fully saturated rings. The Bertz CT molecular complexity index is 1180. The molecule has 4 rings (SSSR count). The lowest BCUT2D eigenvalue weighted by molar-refractivity contribution is -0.129. The second-order valence-electron chi connectivity index (χ2n) is 7.46. The fourth-order valence-electron chi connectivity index (χ4n) is 4.00. The number of thioether (sulfide) groups is 1. The Balaban J connectivity index is 1.69. The number of amides is 1. The van der Waals surface area contributed by atoms with Gasteiger partial charge in [-0.05, 0) is 45.8 Å². The molecule has 10 heteroatoms. The molecule has 0 aromatic heterocycles. The van der Waals surface area contributed by atoms with Gasteiger partial charge in [0.1, 0.15) is 11.5 Å². The first-order valence-corrected chi connectivity index (χ1v) is 11.8. The van der Waals surface area contributed by atoms with Crippen molar-refractivity contribution in [3.63, 3.8) is 0 Å². The van der Waals surface area contributed by atoms with Gasteiger partial charge in [0.15, 0.2) is 11.5 Å². The number of carbonyl (C=O) groups is 1. The van der Waals surface area contributed by atoms with E-state index in [0.717, 1.165) is 11.3 Å². The largest absolute Gasteiger partial charge is 0.503 e. The zero-order chi connectivity index (χ0) is 23.7. The molecule has 0 unspecified atom stereocenters. The van der Waals surface area contributed by atoms with Crippen molar-refractivity contribution in [3.8, 4) is 29.1 Å². The number of methoxy groups -OCH3 is 3. The van der Waals surface area contributed by atoms with Crippen LogP contribution >= 0.6 is 27.7 Å². The molecule has 8 nitrogen and oxygen atoms in total. The summed E-state index contributed by atoms with van der Waals surface area (Å²) < 4.78 is 16.5. The summed E-state index contributed by atoms with van der Waals surface area (Å²) in [6, 6.07) is 11.3. The maximum Gasteiger partial charge on any atom is 0.229 e. The molecule has 2 heterocycles. The number of ether oxygens (including phenoxy) is 3. The van der Waals surface area contributed by atoms with Crippen molar-refractivity contribution in [1.82, 2.24) is 4.90 Å². The van der Waals surface area contributed by atoms with Gasteiger partial charge in [0.05, 0.1) is 60.7 Å². The van der Waals surface area contributed by atoms with E-state index in [4.69, 9.17) is 14.2 Å². The van der Waals surface area contributed by atoms with E-state index in [-0.39, 0.29) is 23.8 Å². The van der Waals surface area contributed by atoms with Gasteiger partial charge in [-0.2, -0.15) is 5.26 Å². The second-order valence-corrected chi connectivity index (χ2v) is 9.24. The number of hydrogen-bond donors (Lipinski definition) is 1. The van der Waals surface area contributed by atoms with Crippen molar-refractivity contribution in [1.29, 1.82) is 5.26 Å². The first kappa shape index (κ1) is 23.1. The third kappa shape index (κ3) is 4.18. The highest BCUT2D eigenvalue weighted by Crippen LogP contribution is 2.47. The Morgan fingerprint density at radius 2 is 1.91 bits per heavy atom. The Kier molecular flexibility index (Phi) is 6.63. The van der Waals surface area contributed by atoms with Crippen LogP contribution in [0.1, 0.15) is 17.9 Å². The monoisotopic (exact) mass is 531 g/mol. The number of halogens is 1. The minimum absolute atomic E-state index is 0.0210. The van der Waals surface area contributed by atoms with Crippen LogP contribution in [-0.4, -0.2) is 49.8 Å². The molecule has 1 N–H and O–H groups in total. The molecule has 1 atom stereocenters. The number of rotatable bonds is 5. The quantitative estimate of drug-likeness (QED) is 0.606. The summed E-state index contributed by atoms with van der Waals surface area (Å²) in [5.74, 6) is 1.63. The van der Waals surface area contributed by atoms with Gasteiger partial charge in [0.2, 0.25) is 5.91 Å². The first-order chi connectivity index (χ1) is 15.9. The molecule has 0 saturated carbocycles. The summed E-state index contributed by atoms with van der Waals surface area (Å²) in [5, 5.41) is 20.8. The number of hydrogen-bond acceptors (Lipinski definition) is 8. The molecule has 2 aliphatic heterocycles. The highest BCUT2D eigenvalue weighted by atomic mass is 79.9. The van der Waals surface area contributed by atoms with E-state index in [2.05, 4.69) is 22.0 Å². The number of nitriles is 1. The first-order valence-electron chi connectivity index (χ1n) is 10.0. The van der Waals surface area contributed by atoms with Crippen LogP contribution in [0.15, 0.2) is 45.4 Å². The van der Waals surface area contributed by atoms with Crippen molar-refractivity contribution in [2.45, 2.75) is 12.3 Å². The standard InChI is InChI=1S/C23H22BrN3O5S/c1-30-14-4-5-18(19(8-14)31-2)26-11-27-21(28)9-15(16(10-25)23(27)33-12-26)13-6-17(24)22(29)20(7-13)32-3/h4-8,15,29H,9,11-12H2,1-3H3/t15-/m0/s1. The fourth-order valence-corrected chi connectivity index (χ4v) is 5.61. The van der Waals surface area contributed by atoms with Crippen molar-refractivity contribution in [3.05, 3.63) is 51.0 Å². The highest BCUT2D eigenvalue weighted by Gasteiger charge is 2.39. The maximum absolute atomic E-state index is 13.2. The van der Waals surface area contributed by atoms with E-state index in [9.17, 15) is 15.2 Å². The number of benzene rings is 2. The van der Waals surface area contributed by atoms with E-state index >= 15 is 0 Å². The van der Waals surface area contributed by atoms with Crippen LogP contribution < -0.4 is 19.1 Å². The highest BCUT2D eigenvalue weighted by molar-refractivity contribution is 9.10. The van der Waals surface area contributed by atoms with Crippen LogP contribution in [0.2, 0.25) is 0 Å². The molecule has 0 spiro atoms. The average Bonchev–Trinajstić information content (AvgIpc) is 2.84. The van der Waals surface area contributed by atoms with E-state index in [1.165, 1.54) is 18.9 Å². The molecular formula is C23H22BrN3O5S. The Hall–Kier alpha value is -3.03. The second kappa shape index (κ2) is 9.45. The van der Waals surface area contributed by atoms with Gasteiger partial charge in [-0.3, -0.25) is 9.69 Å². The number of carbonyl (C=O) groups excluding carboxylic acids is 1. The SMILES string of the molecule is COc1ccc(N2CSC3=C(C#N)[C@H](c4cc(Br)c(O)c(OC)c4)CC(=O)N3C2)c(OC)c1. The lowest BCUT2D eigenvalue weighted by Crippen LogP contribution is -2.47. The van der Waals surface area contributed by atoms with Crippen LogP contribution in [0.5, 0.6) is 23.0 Å². The van der Waals surface area contributed by atoms with Crippen molar-refractivity contribution < 1.29 is 24.1 Å². The van der Waals surface area contributed by atoms with Gasteiger partial charge >= 0.3 is 0 Å². The van der Waals surface area contributed by atoms with Crippen LogP contribution in [-0.2, 0) is 4.79 Å². The minimum atomic E-state index is -0.422. The van der Waals surface area contributed by atoms with Gasteiger partial charge in [-0.1, -0.05) is 11.8 Å². The van der Waals surface area contributed by atoms with Gasteiger partial charge in [-0.25, -0.2) is 0 Å². The lowest BCUT2D eigenvalue weighted by atomic mass is 9.86. The molecule has 1 saturated heterocycles. The third-order valence-corrected chi connectivity index (χ3v) is 7.45. The molecule has 1 amide bonds. The Labute approximate surface area is 204 Å². The number of aromatic hydroxyl groups is 1. The smallest absolute Gasteiger partial charge is 0.229 e. The predicted octanol–water partition coefficient (Wildman–Crippen LogP) is 4.40. The number of allylic oxidation sites excluding steroid dienone is 1. The summed E-state index contributed by atoms with van der Waals surface area (Å²) in [6.45, 7) is 0.310. The summed E-state index contributed by atoms with van der Waals surface area (Å²) in [7, 11) is 4.65. The Morgan fingerprint density at radius 3 is 2.58 bits per heavy atom. The van der Waals surface area contributed by atoms with Crippen LogP contribution in [0.25, 0.3) is 0 Å². The van der Waals surface area contributed by atoms with Gasteiger partial charge in [-0.15, -0.1) is 0 Å².